The number of hydrogen-bond donors (Lipinski definition) is 1. The molecule has 1 N–H and O–H groups in total. The largest absolute Gasteiger partial charge is 0.373 e. The van der Waals surface area contributed by atoms with Crippen molar-refractivity contribution < 1.29 is 14.4 Å². The van der Waals surface area contributed by atoms with Gasteiger partial charge in [0.15, 0.2) is 5.41 Å². The van der Waals surface area contributed by atoms with Gasteiger partial charge in [0.05, 0.1) is 5.69 Å². The second-order valence-electron chi connectivity index (χ2n) is 7.13. The van der Waals surface area contributed by atoms with E-state index < -0.39 is 23.3 Å². The van der Waals surface area contributed by atoms with E-state index in [0.717, 1.165) is 21.7 Å². The van der Waals surface area contributed by atoms with Crippen LogP contribution in [-0.4, -0.2) is 31.4 Å². The molecule has 7 heteroatoms. The number of anilines is 2. The number of carbonyl (C=O) groups is 3. The highest BCUT2D eigenvalue weighted by Crippen LogP contribution is 2.40. The highest BCUT2D eigenvalue weighted by atomic mass is 35.5. The number of rotatable bonds is 1. The summed E-state index contributed by atoms with van der Waals surface area (Å²) >= 11 is 6.03. The van der Waals surface area contributed by atoms with E-state index >= 15 is 0 Å². The molecule has 0 aromatic heterocycles. The summed E-state index contributed by atoms with van der Waals surface area (Å²) in [5.41, 5.74) is 1.91. The van der Waals surface area contributed by atoms with Crippen molar-refractivity contribution in [2.24, 2.45) is 5.41 Å². The summed E-state index contributed by atoms with van der Waals surface area (Å²) in [7, 11) is 1.84. The first-order valence-electron chi connectivity index (χ1n) is 8.58. The number of hydrogen-bond acceptors (Lipinski definition) is 4. The third kappa shape index (κ3) is 2.68. The van der Waals surface area contributed by atoms with Crippen LogP contribution in [0.15, 0.2) is 42.5 Å². The first-order valence-corrected chi connectivity index (χ1v) is 8.96. The molecule has 2 aromatic rings. The van der Waals surface area contributed by atoms with Crippen LogP contribution < -0.4 is 15.1 Å². The van der Waals surface area contributed by atoms with Gasteiger partial charge in [-0.2, -0.15) is 0 Å². The molecule has 6 nitrogen and oxygen atoms in total. The van der Waals surface area contributed by atoms with Crippen LogP contribution in [0.25, 0.3) is 0 Å². The SMILES string of the molecule is Cc1ccc2c(c1)C[C@]1(CN2C)C(=O)NC(=O)N(c2cccc(Cl)c2)C1=O. The van der Waals surface area contributed by atoms with Gasteiger partial charge in [-0.3, -0.25) is 14.9 Å². The average molecular weight is 384 g/mol. The Balaban J connectivity index is 1.81. The number of urea groups is 1. The van der Waals surface area contributed by atoms with Gasteiger partial charge in [0.25, 0.3) is 5.91 Å². The molecule has 0 saturated carbocycles. The lowest BCUT2D eigenvalue weighted by molar-refractivity contribution is -0.142. The van der Waals surface area contributed by atoms with Gasteiger partial charge in [-0.1, -0.05) is 35.4 Å². The van der Waals surface area contributed by atoms with Crippen LogP contribution in [-0.2, 0) is 16.0 Å². The molecule has 2 aromatic carbocycles. The molecule has 0 bridgehead atoms. The summed E-state index contributed by atoms with van der Waals surface area (Å²) in [6, 6.07) is 11.7. The number of nitrogens with one attached hydrogen (secondary N) is 1. The number of barbiturate groups is 1. The lowest BCUT2D eigenvalue weighted by atomic mass is 9.74. The van der Waals surface area contributed by atoms with Gasteiger partial charge in [-0.15, -0.1) is 0 Å². The monoisotopic (exact) mass is 383 g/mol. The van der Waals surface area contributed by atoms with Crippen molar-refractivity contribution in [1.29, 1.82) is 0 Å². The maximum absolute atomic E-state index is 13.4. The van der Waals surface area contributed by atoms with Crippen LogP contribution in [0.5, 0.6) is 0 Å². The average Bonchev–Trinajstić information content (AvgIpc) is 2.60. The van der Waals surface area contributed by atoms with Crippen LogP contribution in [0.3, 0.4) is 0 Å². The molecular formula is C20H18ClN3O3. The molecule has 4 rings (SSSR count). The topological polar surface area (TPSA) is 69.7 Å². The number of imide groups is 2. The Morgan fingerprint density at radius 2 is 1.89 bits per heavy atom. The summed E-state index contributed by atoms with van der Waals surface area (Å²) in [5, 5.41) is 2.77. The molecule has 2 heterocycles. The van der Waals surface area contributed by atoms with E-state index in [0.29, 0.717) is 10.7 Å². The van der Waals surface area contributed by atoms with E-state index in [-0.39, 0.29) is 13.0 Å². The molecule has 2 aliphatic rings. The molecule has 1 saturated heterocycles. The molecule has 4 amide bonds. The fourth-order valence-corrected chi connectivity index (χ4v) is 4.10. The van der Waals surface area contributed by atoms with E-state index in [1.807, 2.05) is 37.1 Å². The van der Waals surface area contributed by atoms with Gasteiger partial charge in [0.2, 0.25) is 5.91 Å². The molecule has 0 aliphatic carbocycles. The van der Waals surface area contributed by atoms with Crippen molar-refractivity contribution in [2.75, 3.05) is 23.4 Å². The minimum absolute atomic E-state index is 0.193. The number of benzene rings is 2. The molecular weight excluding hydrogens is 366 g/mol. The molecule has 2 aliphatic heterocycles. The van der Waals surface area contributed by atoms with Crippen LogP contribution >= 0.6 is 11.6 Å². The second-order valence-corrected chi connectivity index (χ2v) is 7.56. The molecule has 1 spiro atoms. The van der Waals surface area contributed by atoms with Gasteiger partial charge in [-0.25, -0.2) is 9.69 Å². The van der Waals surface area contributed by atoms with E-state index in [4.69, 9.17) is 11.6 Å². The Morgan fingerprint density at radius 1 is 1.11 bits per heavy atom. The van der Waals surface area contributed by atoms with Gasteiger partial charge in [0, 0.05) is 24.3 Å². The Hall–Kier alpha value is -2.86. The predicted molar refractivity (Wildman–Crippen MR) is 103 cm³/mol. The Bertz CT molecular complexity index is 990. The van der Waals surface area contributed by atoms with Gasteiger partial charge >= 0.3 is 6.03 Å². The fourth-order valence-electron chi connectivity index (χ4n) is 3.92. The number of halogens is 1. The summed E-state index contributed by atoms with van der Waals surface area (Å²) in [4.78, 5) is 41.7. The third-order valence-electron chi connectivity index (χ3n) is 5.18. The van der Waals surface area contributed by atoms with Crippen molar-refractivity contribution in [3.8, 4) is 0 Å². The summed E-state index contributed by atoms with van der Waals surface area (Å²) in [6.45, 7) is 2.16. The summed E-state index contributed by atoms with van der Waals surface area (Å²) < 4.78 is 0. The number of aryl methyl sites for hydroxylation is 1. The minimum atomic E-state index is -1.37. The zero-order chi connectivity index (χ0) is 19.3. The van der Waals surface area contributed by atoms with Gasteiger partial charge < -0.3 is 4.90 Å². The molecule has 0 radical (unpaired) electrons. The fraction of sp³-hybridized carbons (Fsp3) is 0.250. The smallest absolute Gasteiger partial charge is 0.335 e. The van der Waals surface area contributed by atoms with Gasteiger partial charge in [-0.05, 0) is 43.2 Å². The highest BCUT2D eigenvalue weighted by Gasteiger charge is 2.56. The van der Waals surface area contributed by atoms with Crippen molar-refractivity contribution in [2.45, 2.75) is 13.3 Å². The molecule has 0 unspecified atom stereocenters. The quantitative estimate of drug-likeness (QED) is 0.769. The first kappa shape index (κ1) is 17.5. The number of nitrogens with zero attached hydrogens (tertiary/aromatic N) is 2. The van der Waals surface area contributed by atoms with Crippen molar-refractivity contribution in [3.05, 3.63) is 58.6 Å². The van der Waals surface area contributed by atoms with Crippen LogP contribution in [0.4, 0.5) is 16.2 Å². The van der Waals surface area contributed by atoms with Crippen molar-refractivity contribution in [3.63, 3.8) is 0 Å². The van der Waals surface area contributed by atoms with E-state index in [1.54, 1.807) is 18.2 Å². The summed E-state index contributed by atoms with van der Waals surface area (Å²) in [5.74, 6) is -1.09. The van der Waals surface area contributed by atoms with Crippen molar-refractivity contribution >= 4 is 40.8 Å². The normalized spacial score (nSPS) is 22.1. The third-order valence-corrected chi connectivity index (χ3v) is 5.42. The maximum atomic E-state index is 13.4. The number of carbonyl (C=O) groups excluding carboxylic acids is 3. The summed E-state index contributed by atoms with van der Waals surface area (Å²) in [6.07, 6.45) is 0.239. The predicted octanol–water partition coefficient (Wildman–Crippen LogP) is 2.91. The number of amides is 4. The highest BCUT2D eigenvalue weighted by molar-refractivity contribution is 6.33. The maximum Gasteiger partial charge on any atom is 0.335 e. The lowest BCUT2D eigenvalue weighted by Gasteiger charge is -2.45. The molecule has 27 heavy (non-hydrogen) atoms. The molecule has 1 fully saturated rings. The standard InChI is InChI=1S/C20H18ClN3O3/c1-12-6-7-16-13(8-12)10-20(11-23(16)2)17(25)22-19(27)24(18(20)26)15-5-3-4-14(21)9-15/h3-9H,10-11H2,1-2H3,(H,22,25,27)/t20-/m0/s1. The van der Waals surface area contributed by atoms with Crippen LogP contribution in [0.2, 0.25) is 5.02 Å². The zero-order valence-electron chi connectivity index (χ0n) is 15.0. The second kappa shape index (κ2) is 6.09. The van der Waals surface area contributed by atoms with E-state index in [9.17, 15) is 14.4 Å². The van der Waals surface area contributed by atoms with Crippen LogP contribution in [0.1, 0.15) is 11.1 Å². The lowest BCUT2D eigenvalue weighted by Crippen LogP contribution is -2.68. The first-order chi connectivity index (χ1) is 12.8. The molecule has 1 atom stereocenters. The van der Waals surface area contributed by atoms with Gasteiger partial charge in [0.1, 0.15) is 0 Å². The Kier molecular flexibility index (Phi) is 3.96. The Labute approximate surface area is 161 Å². The number of fused-ring (bicyclic) bond motifs is 1. The Morgan fingerprint density at radius 3 is 2.63 bits per heavy atom. The van der Waals surface area contributed by atoms with E-state index in [2.05, 4.69) is 5.32 Å². The molecule has 138 valence electrons. The van der Waals surface area contributed by atoms with Crippen LogP contribution in [0, 0.1) is 12.3 Å². The van der Waals surface area contributed by atoms with E-state index in [1.165, 1.54) is 6.07 Å². The zero-order valence-corrected chi connectivity index (χ0v) is 15.7. The van der Waals surface area contributed by atoms with Crippen molar-refractivity contribution in [1.82, 2.24) is 5.32 Å². The minimum Gasteiger partial charge on any atom is -0.373 e.